The molecule has 1 saturated heterocycles. The van der Waals surface area contributed by atoms with Crippen LogP contribution in [0.1, 0.15) is 0 Å². The Morgan fingerprint density at radius 1 is 1.03 bits per heavy atom. The molecule has 4 N–H and O–H groups in total. The molecular formula is C23H25N9O2. The van der Waals surface area contributed by atoms with Crippen molar-refractivity contribution in [3.8, 4) is 11.3 Å². The van der Waals surface area contributed by atoms with Gasteiger partial charge in [0, 0.05) is 55.9 Å². The Balaban J connectivity index is 1.28. The lowest BCUT2D eigenvalue weighted by atomic mass is 10.1. The number of imidazole rings is 1. The molecule has 0 saturated carbocycles. The van der Waals surface area contributed by atoms with E-state index >= 15 is 0 Å². The summed E-state index contributed by atoms with van der Waals surface area (Å²) in [5, 5.41) is 9.35. The van der Waals surface area contributed by atoms with E-state index in [1.54, 1.807) is 12.3 Å². The van der Waals surface area contributed by atoms with Crippen LogP contribution in [0.2, 0.25) is 0 Å². The number of nitroso groups, excluding NO2 is 1. The number of aromatic nitrogens is 4. The summed E-state index contributed by atoms with van der Waals surface area (Å²) in [4.78, 5) is 26.4. The van der Waals surface area contributed by atoms with Gasteiger partial charge in [-0.2, -0.15) is 0 Å². The summed E-state index contributed by atoms with van der Waals surface area (Å²) >= 11 is 0. The molecule has 0 amide bonds. The number of nitrogens with one attached hydrogen (secondary N) is 2. The molecule has 11 heteroatoms. The molecule has 174 valence electrons. The van der Waals surface area contributed by atoms with Crippen molar-refractivity contribution in [3.63, 3.8) is 0 Å². The van der Waals surface area contributed by atoms with Crippen LogP contribution < -0.4 is 21.3 Å². The van der Waals surface area contributed by atoms with E-state index in [4.69, 9.17) is 15.5 Å². The number of nitrogens with two attached hydrogens (primary N) is 1. The van der Waals surface area contributed by atoms with Gasteiger partial charge in [-0.1, -0.05) is 12.1 Å². The fourth-order valence-electron chi connectivity index (χ4n) is 3.87. The Labute approximate surface area is 196 Å². The van der Waals surface area contributed by atoms with Gasteiger partial charge in [0.1, 0.15) is 17.2 Å². The third kappa shape index (κ3) is 4.59. The molecule has 1 aromatic carbocycles. The number of benzene rings is 1. The van der Waals surface area contributed by atoms with Crippen molar-refractivity contribution in [2.24, 2.45) is 5.18 Å². The minimum Gasteiger partial charge on any atom is -0.382 e. The van der Waals surface area contributed by atoms with Gasteiger partial charge in [-0.15, -0.1) is 4.91 Å². The lowest BCUT2D eigenvalue weighted by Crippen LogP contribution is -2.36. The van der Waals surface area contributed by atoms with Gasteiger partial charge in [-0.25, -0.2) is 15.0 Å². The number of hydrogen-bond donors (Lipinski definition) is 3. The fraction of sp³-hybridized carbons (Fsp3) is 0.261. The number of morpholine rings is 1. The highest BCUT2D eigenvalue weighted by molar-refractivity contribution is 5.68. The average molecular weight is 460 g/mol. The van der Waals surface area contributed by atoms with Crippen molar-refractivity contribution < 1.29 is 4.74 Å². The Morgan fingerprint density at radius 2 is 1.82 bits per heavy atom. The van der Waals surface area contributed by atoms with Crippen LogP contribution in [0.25, 0.3) is 16.9 Å². The summed E-state index contributed by atoms with van der Waals surface area (Å²) in [7, 11) is 0. The zero-order chi connectivity index (χ0) is 23.3. The molecule has 0 radical (unpaired) electrons. The first-order chi connectivity index (χ1) is 16.7. The lowest BCUT2D eigenvalue weighted by Gasteiger charge is -2.28. The Kier molecular flexibility index (Phi) is 6.17. The Morgan fingerprint density at radius 3 is 2.59 bits per heavy atom. The van der Waals surface area contributed by atoms with Crippen molar-refractivity contribution in [2.45, 2.75) is 0 Å². The standard InChI is InChI=1S/C23H25N9O2/c24-22-18(30-33)5-6-20(29-22)25-7-8-27-23-28-19(15-21-26-9-10-32(21)23)16-1-3-17(4-2-16)31-11-13-34-14-12-31/h1-6,9-10,15H,7-8,11-14H2,(H,27,28)(H3,24,25,29). The highest BCUT2D eigenvalue weighted by atomic mass is 16.5. The van der Waals surface area contributed by atoms with E-state index in [-0.39, 0.29) is 11.5 Å². The number of rotatable bonds is 8. The Bertz CT molecular complexity index is 1280. The SMILES string of the molecule is Nc1nc(NCCNc2nc(-c3ccc(N4CCOCC4)cc3)cc3nccn23)ccc1N=O. The van der Waals surface area contributed by atoms with Gasteiger partial charge in [0.25, 0.3) is 0 Å². The molecule has 4 aromatic rings. The highest BCUT2D eigenvalue weighted by Gasteiger charge is 2.12. The molecule has 0 unspecified atom stereocenters. The number of anilines is 4. The minimum absolute atomic E-state index is 0.0992. The van der Waals surface area contributed by atoms with Crippen LogP contribution >= 0.6 is 0 Å². The molecule has 1 aliphatic heterocycles. The summed E-state index contributed by atoms with van der Waals surface area (Å²) in [5.74, 6) is 1.36. The van der Waals surface area contributed by atoms with E-state index in [1.807, 2.05) is 16.7 Å². The van der Waals surface area contributed by atoms with Gasteiger partial charge >= 0.3 is 0 Å². The van der Waals surface area contributed by atoms with E-state index in [0.717, 1.165) is 43.2 Å². The molecule has 34 heavy (non-hydrogen) atoms. The number of hydrogen-bond acceptors (Lipinski definition) is 10. The van der Waals surface area contributed by atoms with Gasteiger partial charge in [0.15, 0.2) is 5.82 Å². The molecule has 1 fully saturated rings. The van der Waals surface area contributed by atoms with Crippen molar-refractivity contribution in [1.29, 1.82) is 0 Å². The zero-order valence-electron chi connectivity index (χ0n) is 18.5. The van der Waals surface area contributed by atoms with E-state index in [9.17, 15) is 4.91 Å². The third-order valence-electron chi connectivity index (χ3n) is 5.64. The predicted molar refractivity (Wildman–Crippen MR) is 133 cm³/mol. The van der Waals surface area contributed by atoms with Crippen LogP contribution in [0.5, 0.6) is 0 Å². The molecule has 5 rings (SSSR count). The average Bonchev–Trinajstić information content (AvgIpc) is 3.36. The molecule has 3 aromatic heterocycles. The molecule has 4 heterocycles. The minimum atomic E-state index is 0.0992. The monoisotopic (exact) mass is 459 g/mol. The highest BCUT2D eigenvalue weighted by Crippen LogP contribution is 2.25. The quantitative estimate of drug-likeness (QED) is 0.268. The summed E-state index contributed by atoms with van der Waals surface area (Å²) in [6.45, 7) is 4.47. The number of ether oxygens (including phenoxy) is 1. The predicted octanol–water partition coefficient (Wildman–Crippen LogP) is 3.13. The molecule has 0 spiro atoms. The van der Waals surface area contributed by atoms with Crippen LogP contribution in [0.15, 0.2) is 60.0 Å². The van der Waals surface area contributed by atoms with Gasteiger partial charge < -0.3 is 26.0 Å². The first-order valence-electron chi connectivity index (χ1n) is 11.1. The number of nitrogen functional groups attached to an aromatic ring is 1. The first-order valence-corrected chi connectivity index (χ1v) is 11.1. The summed E-state index contributed by atoms with van der Waals surface area (Å²) < 4.78 is 7.35. The van der Waals surface area contributed by atoms with Crippen molar-refractivity contribution in [1.82, 2.24) is 19.4 Å². The first kappa shape index (κ1) is 21.6. The smallest absolute Gasteiger partial charge is 0.209 e. The molecule has 11 nitrogen and oxygen atoms in total. The zero-order valence-corrected chi connectivity index (χ0v) is 18.5. The largest absolute Gasteiger partial charge is 0.382 e. The fourth-order valence-corrected chi connectivity index (χ4v) is 3.87. The second kappa shape index (κ2) is 9.71. The van der Waals surface area contributed by atoms with Crippen LogP contribution in [-0.2, 0) is 4.74 Å². The van der Waals surface area contributed by atoms with Gasteiger partial charge in [-0.05, 0) is 29.4 Å². The topological polar surface area (TPSA) is 135 Å². The van der Waals surface area contributed by atoms with Gasteiger partial charge in [-0.3, -0.25) is 4.40 Å². The molecular weight excluding hydrogens is 434 g/mol. The van der Waals surface area contributed by atoms with Crippen molar-refractivity contribution in [2.75, 3.05) is 60.7 Å². The molecule has 0 aliphatic carbocycles. The van der Waals surface area contributed by atoms with Crippen LogP contribution in [0.4, 0.5) is 29.0 Å². The number of pyridine rings is 1. The summed E-state index contributed by atoms with van der Waals surface area (Å²) in [6.07, 6.45) is 3.62. The summed E-state index contributed by atoms with van der Waals surface area (Å²) in [5.41, 5.74) is 9.70. The second-order valence-corrected chi connectivity index (χ2v) is 7.81. The maximum Gasteiger partial charge on any atom is 0.209 e. The molecule has 0 atom stereocenters. The van der Waals surface area contributed by atoms with Crippen LogP contribution in [0.3, 0.4) is 0 Å². The Hall–Kier alpha value is -4.25. The molecule has 1 aliphatic rings. The maximum absolute atomic E-state index is 10.6. The van der Waals surface area contributed by atoms with Crippen LogP contribution in [-0.4, -0.2) is 58.7 Å². The van der Waals surface area contributed by atoms with E-state index in [0.29, 0.717) is 24.9 Å². The normalized spacial score (nSPS) is 13.7. The van der Waals surface area contributed by atoms with Gasteiger partial charge in [0.2, 0.25) is 5.95 Å². The van der Waals surface area contributed by atoms with Crippen molar-refractivity contribution >= 4 is 34.6 Å². The van der Waals surface area contributed by atoms with E-state index < -0.39 is 0 Å². The maximum atomic E-state index is 10.6. The number of fused-ring (bicyclic) bond motifs is 1. The van der Waals surface area contributed by atoms with E-state index in [1.165, 1.54) is 11.8 Å². The van der Waals surface area contributed by atoms with Crippen molar-refractivity contribution in [3.05, 3.63) is 59.8 Å². The third-order valence-corrected chi connectivity index (χ3v) is 5.64. The van der Waals surface area contributed by atoms with E-state index in [2.05, 4.69) is 54.9 Å². The lowest BCUT2D eigenvalue weighted by molar-refractivity contribution is 0.122. The second-order valence-electron chi connectivity index (χ2n) is 7.81. The number of nitrogens with zero attached hydrogens (tertiary/aromatic N) is 6. The van der Waals surface area contributed by atoms with Crippen LogP contribution in [0, 0.1) is 4.91 Å². The molecule has 0 bridgehead atoms. The summed E-state index contributed by atoms with van der Waals surface area (Å²) in [6, 6.07) is 13.6. The van der Waals surface area contributed by atoms with Gasteiger partial charge in [0.05, 0.1) is 18.9 Å².